The van der Waals surface area contributed by atoms with Crippen molar-refractivity contribution in [3.63, 3.8) is 0 Å². The molecule has 0 bridgehead atoms. The van der Waals surface area contributed by atoms with E-state index in [1.54, 1.807) is 0 Å². The van der Waals surface area contributed by atoms with Gasteiger partial charge in [0.15, 0.2) is 17.4 Å². The van der Waals surface area contributed by atoms with Gasteiger partial charge in [0.05, 0.1) is 12.8 Å². The molecule has 1 aromatic rings. The van der Waals surface area contributed by atoms with Gasteiger partial charge in [0, 0.05) is 0 Å². The van der Waals surface area contributed by atoms with Crippen LogP contribution in [0.2, 0.25) is 0 Å². The minimum atomic E-state index is -1.18. The molecule has 1 aromatic carbocycles. The van der Waals surface area contributed by atoms with Gasteiger partial charge in [-0.3, -0.25) is 4.79 Å². The van der Waals surface area contributed by atoms with Crippen LogP contribution in [0.3, 0.4) is 0 Å². The molecule has 0 fully saturated rings. The summed E-state index contributed by atoms with van der Waals surface area (Å²) in [6.45, 7) is 2.79. The third-order valence-corrected chi connectivity index (χ3v) is 1.68. The molecule has 0 saturated heterocycles. The van der Waals surface area contributed by atoms with Crippen molar-refractivity contribution in [3.05, 3.63) is 36.4 Å². The average Bonchev–Trinajstić information content (AvgIpc) is 2.21. The Hall–Kier alpha value is -1.91. The lowest BCUT2D eigenvalue weighted by atomic mass is 10.3. The van der Waals surface area contributed by atoms with Crippen molar-refractivity contribution in [3.8, 4) is 5.75 Å². The molecule has 0 aromatic heterocycles. The minimum absolute atomic E-state index is 0.0303. The number of hydrogen-bond donors (Lipinski definition) is 1. The van der Waals surface area contributed by atoms with E-state index in [1.165, 1.54) is 25.3 Å². The first kappa shape index (κ1) is 11.2. The van der Waals surface area contributed by atoms with E-state index in [2.05, 4.69) is 11.3 Å². The number of ether oxygens (including phenoxy) is 1. The van der Waals surface area contributed by atoms with Crippen LogP contribution in [-0.4, -0.2) is 13.0 Å². The normalized spacial score (nSPS) is 9.53. The highest BCUT2D eigenvalue weighted by molar-refractivity contribution is 6.01. The molecule has 0 unspecified atom stereocenters. The number of methoxy groups -OCH3 is 1. The quantitative estimate of drug-likeness (QED) is 0.782. The Bertz CT molecular complexity index is 404. The van der Waals surface area contributed by atoms with Crippen molar-refractivity contribution < 1.29 is 18.3 Å². The molecule has 0 aliphatic heterocycles. The van der Waals surface area contributed by atoms with Crippen molar-refractivity contribution in [2.75, 3.05) is 12.4 Å². The minimum Gasteiger partial charge on any atom is -0.494 e. The van der Waals surface area contributed by atoms with Gasteiger partial charge in [-0.15, -0.1) is 0 Å². The highest BCUT2D eigenvalue weighted by Crippen LogP contribution is 2.24. The van der Waals surface area contributed by atoms with Gasteiger partial charge < -0.3 is 10.1 Å². The number of rotatable bonds is 3. The zero-order valence-electron chi connectivity index (χ0n) is 8.01. The van der Waals surface area contributed by atoms with Crippen LogP contribution in [-0.2, 0) is 4.79 Å². The Kier molecular flexibility index (Phi) is 3.38. The third-order valence-electron chi connectivity index (χ3n) is 1.68. The first-order valence-corrected chi connectivity index (χ1v) is 4.04. The summed E-state index contributed by atoms with van der Waals surface area (Å²) in [6.07, 6.45) is 0. The predicted octanol–water partition coefficient (Wildman–Crippen LogP) is 2.26. The van der Waals surface area contributed by atoms with Crippen molar-refractivity contribution in [1.29, 1.82) is 0 Å². The fraction of sp³-hybridized carbons (Fsp3) is 0.100. The monoisotopic (exact) mass is 213 g/mol. The lowest BCUT2D eigenvalue weighted by Gasteiger charge is -2.07. The Morgan fingerprint density at radius 1 is 1.53 bits per heavy atom. The van der Waals surface area contributed by atoms with Crippen LogP contribution >= 0.6 is 0 Å². The summed E-state index contributed by atoms with van der Waals surface area (Å²) >= 11 is 0. The van der Waals surface area contributed by atoms with Crippen molar-refractivity contribution >= 4 is 11.6 Å². The molecule has 0 atom stereocenters. The maximum Gasteiger partial charge on any atom is 0.283 e. The lowest BCUT2D eigenvalue weighted by molar-refractivity contribution is -0.114. The first-order chi connectivity index (χ1) is 7.06. The smallest absolute Gasteiger partial charge is 0.283 e. The molecule has 1 N–H and O–H groups in total. The van der Waals surface area contributed by atoms with E-state index in [0.717, 1.165) is 0 Å². The second-order valence-electron chi connectivity index (χ2n) is 2.68. The second-order valence-corrected chi connectivity index (χ2v) is 2.68. The van der Waals surface area contributed by atoms with E-state index in [-0.39, 0.29) is 11.4 Å². The number of amides is 1. The molecule has 0 radical (unpaired) electrons. The number of halogens is 2. The van der Waals surface area contributed by atoms with E-state index in [1.807, 2.05) is 5.32 Å². The fourth-order valence-electron chi connectivity index (χ4n) is 0.955. The highest BCUT2D eigenvalue weighted by Gasteiger charge is 2.12. The molecule has 5 heteroatoms. The predicted molar refractivity (Wildman–Crippen MR) is 51.8 cm³/mol. The van der Waals surface area contributed by atoms with Gasteiger partial charge in [-0.25, -0.2) is 8.78 Å². The van der Waals surface area contributed by atoms with Crippen molar-refractivity contribution in [2.45, 2.75) is 0 Å². The van der Waals surface area contributed by atoms with Crippen LogP contribution in [0.4, 0.5) is 14.5 Å². The molecule has 15 heavy (non-hydrogen) atoms. The van der Waals surface area contributed by atoms with E-state index < -0.39 is 17.6 Å². The topological polar surface area (TPSA) is 38.3 Å². The molecule has 0 spiro atoms. The fourth-order valence-corrected chi connectivity index (χ4v) is 0.955. The van der Waals surface area contributed by atoms with E-state index in [4.69, 9.17) is 0 Å². The third kappa shape index (κ3) is 2.52. The number of carbonyl (C=O) groups is 1. The average molecular weight is 213 g/mol. The number of hydrogen-bond acceptors (Lipinski definition) is 2. The van der Waals surface area contributed by atoms with E-state index in [0.29, 0.717) is 0 Å². The Labute approximate surface area is 85.4 Å². The van der Waals surface area contributed by atoms with Crippen LogP contribution in [0.25, 0.3) is 0 Å². The summed E-state index contributed by atoms with van der Waals surface area (Å²) in [4.78, 5) is 10.9. The Morgan fingerprint density at radius 2 is 2.20 bits per heavy atom. The maximum absolute atomic E-state index is 13.4. The Morgan fingerprint density at radius 3 is 2.73 bits per heavy atom. The van der Waals surface area contributed by atoms with Crippen LogP contribution < -0.4 is 10.1 Å². The van der Waals surface area contributed by atoms with Gasteiger partial charge in [0.2, 0.25) is 0 Å². The van der Waals surface area contributed by atoms with E-state index in [9.17, 15) is 13.6 Å². The molecule has 1 amide bonds. The summed E-state index contributed by atoms with van der Waals surface area (Å²) in [7, 11) is 1.29. The lowest BCUT2D eigenvalue weighted by Crippen LogP contribution is -2.12. The van der Waals surface area contributed by atoms with Crippen LogP contribution in [0.1, 0.15) is 0 Å². The largest absolute Gasteiger partial charge is 0.494 e. The molecule has 0 heterocycles. The SMILES string of the molecule is C=C(F)C(=O)Nc1cccc(OC)c1F. The van der Waals surface area contributed by atoms with Crippen LogP contribution in [0.5, 0.6) is 5.75 Å². The molecular formula is C10H9F2NO2. The van der Waals surface area contributed by atoms with Crippen LogP contribution in [0.15, 0.2) is 30.6 Å². The molecular weight excluding hydrogens is 204 g/mol. The van der Waals surface area contributed by atoms with Crippen LogP contribution in [0, 0.1) is 5.82 Å². The zero-order chi connectivity index (χ0) is 11.4. The summed E-state index contributed by atoms with van der Waals surface area (Å²) in [5.41, 5.74) is -0.154. The summed E-state index contributed by atoms with van der Waals surface area (Å²) < 4.78 is 30.4. The highest BCUT2D eigenvalue weighted by atomic mass is 19.1. The van der Waals surface area contributed by atoms with Gasteiger partial charge in [-0.2, -0.15) is 0 Å². The molecule has 3 nitrogen and oxygen atoms in total. The standard InChI is InChI=1S/C10H9F2NO2/c1-6(11)10(14)13-7-4-3-5-8(15-2)9(7)12/h3-5H,1H2,2H3,(H,13,14). The van der Waals surface area contributed by atoms with Gasteiger partial charge in [0.25, 0.3) is 5.91 Å². The molecule has 0 aliphatic carbocycles. The van der Waals surface area contributed by atoms with Gasteiger partial charge >= 0.3 is 0 Å². The maximum atomic E-state index is 13.4. The van der Waals surface area contributed by atoms with Crippen molar-refractivity contribution in [2.24, 2.45) is 0 Å². The zero-order valence-corrected chi connectivity index (χ0v) is 8.01. The summed E-state index contributed by atoms with van der Waals surface area (Å²) in [5.74, 6) is -3.05. The molecule has 80 valence electrons. The van der Waals surface area contributed by atoms with Gasteiger partial charge in [-0.05, 0) is 12.1 Å². The van der Waals surface area contributed by atoms with E-state index >= 15 is 0 Å². The summed E-state index contributed by atoms with van der Waals surface area (Å²) in [6, 6.07) is 4.15. The first-order valence-electron chi connectivity index (χ1n) is 4.04. The molecule has 0 aliphatic rings. The number of carbonyl (C=O) groups excluding carboxylic acids is 1. The number of anilines is 1. The molecule has 0 saturated carbocycles. The molecule has 1 rings (SSSR count). The second kappa shape index (κ2) is 4.54. The van der Waals surface area contributed by atoms with Crippen molar-refractivity contribution in [1.82, 2.24) is 0 Å². The van der Waals surface area contributed by atoms with Gasteiger partial charge in [0.1, 0.15) is 0 Å². The Balaban J connectivity index is 2.95. The summed E-state index contributed by atoms with van der Waals surface area (Å²) in [5, 5.41) is 2.02. The number of nitrogens with one attached hydrogen (secondary N) is 1. The number of benzene rings is 1. The van der Waals surface area contributed by atoms with Gasteiger partial charge in [-0.1, -0.05) is 12.6 Å².